The molecule has 2 unspecified atom stereocenters. The van der Waals surface area contributed by atoms with Gasteiger partial charge in [0.1, 0.15) is 0 Å². The summed E-state index contributed by atoms with van der Waals surface area (Å²) in [6.45, 7) is 15.3. The van der Waals surface area contributed by atoms with Crippen LogP contribution in [-0.4, -0.2) is 49.6 Å². The van der Waals surface area contributed by atoms with Crippen LogP contribution in [0.5, 0.6) is 0 Å². The average molecular weight is 515 g/mol. The van der Waals surface area contributed by atoms with E-state index in [2.05, 4.69) is 43.6 Å². The molecule has 5 heteroatoms. The summed E-state index contributed by atoms with van der Waals surface area (Å²) in [7, 11) is 1.60. The topological polar surface area (TPSA) is 58.6 Å². The fourth-order valence-corrected chi connectivity index (χ4v) is 4.66. The van der Waals surface area contributed by atoms with Gasteiger partial charge < -0.3 is 15.0 Å². The van der Waals surface area contributed by atoms with Crippen LogP contribution in [0.1, 0.15) is 55.5 Å². The molecule has 0 saturated heterocycles. The predicted octanol–water partition coefficient (Wildman–Crippen LogP) is 6.46. The van der Waals surface area contributed by atoms with Gasteiger partial charge >= 0.3 is 0 Å². The lowest BCUT2D eigenvalue weighted by Crippen LogP contribution is -2.54. The number of allylic oxidation sites excluding steroid dienone is 9. The van der Waals surface area contributed by atoms with E-state index in [0.29, 0.717) is 36.4 Å². The highest BCUT2D eigenvalue weighted by Crippen LogP contribution is 2.38. The van der Waals surface area contributed by atoms with Crippen molar-refractivity contribution < 1.29 is 14.3 Å². The van der Waals surface area contributed by atoms with Crippen molar-refractivity contribution in [3.63, 3.8) is 0 Å². The Labute approximate surface area is 228 Å². The first-order chi connectivity index (χ1) is 18.4. The number of carbonyl (C=O) groups is 2. The van der Waals surface area contributed by atoms with E-state index >= 15 is 0 Å². The van der Waals surface area contributed by atoms with Gasteiger partial charge in [0.25, 0.3) is 5.91 Å². The summed E-state index contributed by atoms with van der Waals surface area (Å²) in [6, 6.07) is 6.77. The van der Waals surface area contributed by atoms with E-state index in [9.17, 15) is 9.59 Å². The molecule has 2 rings (SSSR count). The van der Waals surface area contributed by atoms with Crippen molar-refractivity contribution in [2.75, 3.05) is 26.8 Å². The average Bonchev–Trinajstić information content (AvgIpc) is 2.93. The molecule has 1 aliphatic rings. The maximum Gasteiger partial charge on any atom is 0.254 e. The van der Waals surface area contributed by atoms with E-state index in [1.54, 1.807) is 24.2 Å². The zero-order valence-electron chi connectivity index (χ0n) is 23.3. The monoisotopic (exact) mass is 514 g/mol. The Bertz CT molecular complexity index is 1140. The van der Waals surface area contributed by atoms with Crippen molar-refractivity contribution in [2.45, 2.75) is 45.6 Å². The second-order valence-corrected chi connectivity index (χ2v) is 8.97. The first kappa shape index (κ1) is 30.5. The number of nitrogens with zero attached hydrogens (tertiary/aromatic N) is 1. The summed E-state index contributed by atoms with van der Waals surface area (Å²) >= 11 is 0. The Kier molecular flexibility index (Phi) is 13.0. The number of nitrogens with one attached hydrogen (secondary N) is 1. The van der Waals surface area contributed by atoms with Crippen LogP contribution in [-0.2, 0) is 9.53 Å². The molecule has 1 aromatic carbocycles. The smallest absolute Gasteiger partial charge is 0.254 e. The Morgan fingerprint density at radius 3 is 2.55 bits per heavy atom. The molecule has 1 aromatic rings. The van der Waals surface area contributed by atoms with Crippen molar-refractivity contribution in [2.24, 2.45) is 0 Å². The van der Waals surface area contributed by atoms with Gasteiger partial charge in [-0.25, -0.2) is 0 Å². The first-order valence-corrected chi connectivity index (χ1v) is 13.2. The number of carbonyl (C=O) groups excluding carboxylic acids is 2. The van der Waals surface area contributed by atoms with Crippen LogP contribution in [0, 0.1) is 0 Å². The molecule has 0 aliphatic carbocycles. The van der Waals surface area contributed by atoms with Crippen molar-refractivity contribution in [1.29, 1.82) is 0 Å². The molecule has 0 spiro atoms. The van der Waals surface area contributed by atoms with E-state index in [1.807, 2.05) is 62.4 Å². The predicted molar refractivity (Wildman–Crippen MR) is 158 cm³/mol. The summed E-state index contributed by atoms with van der Waals surface area (Å²) in [5.41, 5.74) is 4.02. The van der Waals surface area contributed by atoms with Gasteiger partial charge in [-0.3, -0.25) is 9.59 Å². The lowest BCUT2D eigenvalue weighted by atomic mass is 9.77. The molecule has 0 saturated carbocycles. The minimum Gasteiger partial charge on any atom is -0.383 e. The van der Waals surface area contributed by atoms with Gasteiger partial charge in [-0.05, 0) is 49.5 Å². The number of hydrogen-bond donors (Lipinski definition) is 1. The zero-order chi connectivity index (χ0) is 27.9. The second-order valence-electron chi connectivity index (χ2n) is 8.97. The van der Waals surface area contributed by atoms with Gasteiger partial charge in [-0.1, -0.05) is 98.5 Å². The highest BCUT2D eigenvalue weighted by Gasteiger charge is 2.44. The summed E-state index contributed by atoms with van der Waals surface area (Å²) < 4.78 is 5.32. The molecule has 2 amide bonds. The maximum absolute atomic E-state index is 13.8. The largest absolute Gasteiger partial charge is 0.383 e. The SMILES string of the molecule is C=C/C=C(\C=C/C)C(=C)C1C(C(=O)NC/C=C/CC=C(/C=C\C)CC)c2ccccc2C(=O)N1CCOC. The van der Waals surface area contributed by atoms with Gasteiger partial charge in [0.05, 0.1) is 18.6 Å². The number of hydrogen-bond acceptors (Lipinski definition) is 3. The standard InChI is InChI=1S/C33H42N2O3/c1-7-16-26(10-4)19-12-11-15-22-34-32(36)30-28-20-13-14-21-29(28)33(37)35(23-24-38-6)31(30)25(5)27(17-8-2)18-9-3/h7-9,11,13-21,30-31H,2,5,10,12,22-24H2,1,3-4,6H3,(H,34,36)/b15-11+,16-7-,18-9-,26-19?,27-17+. The molecule has 5 nitrogen and oxygen atoms in total. The lowest BCUT2D eigenvalue weighted by Gasteiger charge is -2.42. The summed E-state index contributed by atoms with van der Waals surface area (Å²) in [6.07, 6.45) is 19.5. The van der Waals surface area contributed by atoms with E-state index in [-0.39, 0.29) is 11.8 Å². The van der Waals surface area contributed by atoms with E-state index in [4.69, 9.17) is 4.74 Å². The third-order valence-corrected chi connectivity index (χ3v) is 6.49. The second kappa shape index (κ2) is 16.2. The van der Waals surface area contributed by atoms with E-state index in [0.717, 1.165) is 18.4 Å². The molecule has 0 fully saturated rings. The number of amides is 2. The molecule has 38 heavy (non-hydrogen) atoms. The molecule has 2 atom stereocenters. The summed E-state index contributed by atoms with van der Waals surface area (Å²) in [4.78, 5) is 29.1. The fourth-order valence-electron chi connectivity index (χ4n) is 4.66. The Morgan fingerprint density at radius 2 is 1.89 bits per heavy atom. The highest BCUT2D eigenvalue weighted by atomic mass is 16.5. The van der Waals surface area contributed by atoms with Gasteiger partial charge in [0, 0.05) is 25.8 Å². The van der Waals surface area contributed by atoms with Crippen LogP contribution in [0.2, 0.25) is 0 Å². The van der Waals surface area contributed by atoms with Gasteiger partial charge in [-0.15, -0.1) is 0 Å². The third kappa shape index (κ3) is 7.90. The minimum atomic E-state index is -0.624. The van der Waals surface area contributed by atoms with Gasteiger partial charge in [0.2, 0.25) is 5.91 Å². The fraction of sp³-hybridized carbons (Fsp3) is 0.333. The minimum absolute atomic E-state index is 0.133. The molecule has 1 aliphatic heterocycles. The molecule has 202 valence electrons. The highest BCUT2D eigenvalue weighted by molar-refractivity contribution is 6.02. The van der Waals surface area contributed by atoms with Gasteiger partial charge in [0.15, 0.2) is 0 Å². The quantitative estimate of drug-likeness (QED) is 0.229. The number of ether oxygens (including phenoxy) is 1. The molecule has 1 N–H and O–H groups in total. The first-order valence-electron chi connectivity index (χ1n) is 13.2. The summed E-state index contributed by atoms with van der Waals surface area (Å²) in [5.74, 6) is -0.910. The van der Waals surface area contributed by atoms with Crippen LogP contribution in [0.15, 0.2) is 109 Å². The Hall–Kier alpha value is -3.70. The molecule has 0 bridgehead atoms. The van der Waals surface area contributed by atoms with Crippen molar-refractivity contribution >= 4 is 11.8 Å². The Morgan fingerprint density at radius 1 is 1.16 bits per heavy atom. The molecular formula is C33H42N2O3. The van der Waals surface area contributed by atoms with Crippen molar-refractivity contribution in [3.05, 3.63) is 120 Å². The van der Waals surface area contributed by atoms with Crippen LogP contribution in [0.3, 0.4) is 0 Å². The zero-order valence-corrected chi connectivity index (χ0v) is 23.3. The molecule has 0 aromatic heterocycles. The third-order valence-electron chi connectivity index (χ3n) is 6.49. The van der Waals surface area contributed by atoms with Crippen molar-refractivity contribution in [3.8, 4) is 0 Å². The van der Waals surface area contributed by atoms with E-state index in [1.165, 1.54) is 5.57 Å². The lowest BCUT2D eigenvalue weighted by molar-refractivity contribution is -0.123. The van der Waals surface area contributed by atoms with Crippen LogP contribution in [0.25, 0.3) is 0 Å². The normalized spacial score (nSPS) is 18.4. The van der Waals surface area contributed by atoms with E-state index < -0.39 is 12.0 Å². The van der Waals surface area contributed by atoms with Crippen LogP contribution >= 0.6 is 0 Å². The Balaban J connectivity index is 2.42. The summed E-state index contributed by atoms with van der Waals surface area (Å²) in [5, 5.41) is 3.07. The van der Waals surface area contributed by atoms with Crippen LogP contribution in [0.4, 0.5) is 0 Å². The number of methoxy groups -OCH3 is 1. The molecule has 1 heterocycles. The number of rotatable bonds is 14. The molecule has 0 radical (unpaired) electrons. The molecular weight excluding hydrogens is 472 g/mol. The maximum atomic E-state index is 13.8. The van der Waals surface area contributed by atoms with Crippen molar-refractivity contribution in [1.82, 2.24) is 10.2 Å². The van der Waals surface area contributed by atoms with Crippen LogP contribution < -0.4 is 5.32 Å². The van der Waals surface area contributed by atoms with Gasteiger partial charge in [-0.2, -0.15) is 0 Å². The number of benzene rings is 1. The number of fused-ring (bicyclic) bond motifs is 1.